The first-order chi connectivity index (χ1) is 9.34. The number of esters is 2. The fourth-order valence-electron chi connectivity index (χ4n) is 0.667. The topological polar surface area (TPSA) is 130 Å². The highest BCUT2D eigenvalue weighted by Gasteiger charge is 2.08. The molecule has 116 valence electrons. The van der Waals surface area contributed by atoms with Crippen molar-refractivity contribution < 1.29 is 39.2 Å². The first-order valence-electron chi connectivity index (χ1n) is 5.76. The quantitative estimate of drug-likeness (QED) is 0.402. The minimum Gasteiger partial charge on any atom is -0.478 e. The van der Waals surface area contributed by atoms with Crippen molar-refractivity contribution in [2.45, 2.75) is 19.8 Å². The van der Waals surface area contributed by atoms with Gasteiger partial charge in [0.25, 0.3) is 0 Å². The van der Waals surface area contributed by atoms with Gasteiger partial charge in [-0.2, -0.15) is 0 Å². The van der Waals surface area contributed by atoms with E-state index in [9.17, 15) is 14.4 Å². The Hall–Kier alpha value is -1.93. The van der Waals surface area contributed by atoms with Crippen molar-refractivity contribution in [3.63, 3.8) is 0 Å². The number of carboxylic acids is 1. The first-order valence-corrected chi connectivity index (χ1v) is 5.76. The fourth-order valence-corrected chi connectivity index (χ4v) is 0.667. The van der Waals surface area contributed by atoms with Crippen molar-refractivity contribution in [3.8, 4) is 0 Å². The molecule has 0 amide bonds. The van der Waals surface area contributed by atoms with Gasteiger partial charge in [0, 0.05) is 5.57 Å². The maximum atomic E-state index is 10.8. The van der Waals surface area contributed by atoms with Gasteiger partial charge in [-0.25, -0.2) is 4.79 Å². The summed E-state index contributed by atoms with van der Waals surface area (Å²) in [6.07, 6.45) is -0.158. The predicted molar refractivity (Wildman–Crippen MR) is 67.8 cm³/mol. The molecule has 0 aliphatic carbocycles. The number of carbonyl (C=O) groups is 3. The lowest BCUT2D eigenvalue weighted by atomic mass is 10.3. The van der Waals surface area contributed by atoms with Crippen molar-refractivity contribution in [2.24, 2.45) is 0 Å². The minimum absolute atomic E-state index is 0.0650. The minimum atomic E-state index is -0.935. The fraction of sp³-hybridized carbons (Fsp3) is 0.583. The summed E-state index contributed by atoms with van der Waals surface area (Å²) in [7, 11) is 0. The molecule has 8 nitrogen and oxygen atoms in total. The molecule has 0 aliphatic heterocycles. The second kappa shape index (κ2) is 13.5. The van der Waals surface area contributed by atoms with Crippen LogP contribution in [0.4, 0.5) is 0 Å². The molecular weight excluding hydrogens is 272 g/mol. The van der Waals surface area contributed by atoms with E-state index in [0.29, 0.717) is 0 Å². The molecule has 0 bridgehead atoms. The van der Waals surface area contributed by atoms with Crippen molar-refractivity contribution in [2.75, 3.05) is 26.4 Å². The summed E-state index contributed by atoms with van der Waals surface area (Å²) in [6.45, 7) is 4.00. The van der Waals surface area contributed by atoms with Crippen LogP contribution in [-0.4, -0.2) is 59.7 Å². The molecule has 0 fully saturated rings. The van der Waals surface area contributed by atoms with Crippen LogP contribution in [0.1, 0.15) is 19.8 Å². The summed E-state index contributed by atoms with van der Waals surface area (Å²) in [5.74, 6) is -2.05. The van der Waals surface area contributed by atoms with Crippen LogP contribution in [0.3, 0.4) is 0 Å². The number of aliphatic hydroxyl groups excluding tert-OH is 2. The highest BCUT2D eigenvalue weighted by atomic mass is 16.5. The predicted octanol–water partition coefficient (Wildman–Crippen LogP) is -0.515. The summed E-state index contributed by atoms with van der Waals surface area (Å²) in [6, 6.07) is 0. The van der Waals surface area contributed by atoms with E-state index in [-0.39, 0.29) is 44.8 Å². The standard InChI is InChI=1S/C8H14O6.C4H6O2/c9-3-5-13-7(11)1-2-8(12)14-6-4-10;1-3(2)4(5)6/h9-10H,1-6H2;1H2,2H3,(H,5,6). The third kappa shape index (κ3) is 16.1. The van der Waals surface area contributed by atoms with Crippen LogP contribution in [0.2, 0.25) is 0 Å². The molecule has 20 heavy (non-hydrogen) atoms. The number of ether oxygens (including phenoxy) is 2. The average Bonchev–Trinajstić information content (AvgIpc) is 2.40. The summed E-state index contributed by atoms with van der Waals surface area (Å²) >= 11 is 0. The highest BCUT2D eigenvalue weighted by molar-refractivity contribution is 5.84. The normalized spacial score (nSPS) is 8.95. The zero-order chi connectivity index (χ0) is 16.0. The third-order valence-electron chi connectivity index (χ3n) is 1.61. The Balaban J connectivity index is 0. The maximum Gasteiger partial charge on any atom is 0.330 e. The summed E-state index contributed by atoms with van der Waals surface area (Å²) in [5.41, 5.74) is 0.176. The van der Waals surface area contributed by atoms with E-state index in [1.54, 1.807) is 0 Å². The van der Waals surface area contributed by atoms with Crippen LogP contribution in [0.5, 0.6) is 0 Å². The number of hydrogen-bond donors (Lipinski definition) is 3. The summed E-state index contributed by atoms with van der Waals surface area (Å²) < 4.78 is 9.00. The number of carboxylic acid groups (broad SMARTS) is 1. The number of hydrogen-bond acceptors (Lipinski definition) is 7. The Kier molecular flexibility index (Phi) is 13.8. The van der Waals surface area contributed by atoms with Crippen molar-refractivity contribution >= 4 is 17.9 Å². The van der Waals surface area contributed by atoms with Gasteiger partial charge in [-0.15, -0.1) is 0 Å². The van der Waals surface area contributed by atoms with E-state index in [1.807, 2.05) is 0 Å². The van der Waals surface area contributed by atoms with Crippen molar-refractivity contribution in [1.29, 1.82) is 0 Å². The summed E-state index contributed by atoms with van der Waals surface area (Å²) in [5, 5.41) is 24.5. The zero-order valence-corrected chi connectivity index (χ0v) is 11.3. The third-order valence-corrected chi connectivity index (χ3v) is 1.61. The Morgan fingerprint density at radius 1 is 0.950 bits per heavy atom. The SMILES string of the molecule is C=C(C)C(=O)O.O=C(CCC(=O)OCCO)OCCO. The number of rotatable bonds is 8. The molecule has 0 rings (SSSR count). The van der Waals surface area contributed by atoms with E-state index in [0.717, 1.165) is 0 Å². The number of aliphatic hydroxyl groups is 2. The van der Waals surface area contributed by atoms with Crippen LogP contribution >= 0.6 is 0 Å². The number of carbonyl (C=O) groups excluding carboxylic acids is 2. The molecular formula is C12H20O8. The molecule has 0 atom stereocenters. The van der Waals surface area contributed by atoms with Crippen LogP contribution in [0, 0.1) is 0 Å². The largest absolute Gasteiger partial charge is 0.478 e. The van der Waals surface area contributed by atoms with Gasteiger partial charge in [0.15, 0.2) is 0 Å². The molecule has 0 spiro atoms. The maximum absolute atomic E-state index is 10.8. The molecule has 0 aromatic heterocycles. The zero-order valence-electron chi connectivity index (χ0n) is 11.3. The average molecular weight is 292 g/mol. The monoisotopic (exact) mass is 292 g/mol. The molecule has 0 aliphatic rings. The van der Waals surface area contributed by atoms with Crippen LogP contribution < -0.4 is 0 Å². The van der Waals surface area contributed by atoms with E-state index >= 15 is 0 Å². The Morgan fingerprint density at radius 2 is 1.25 bits per heavy atom. The van der Waals surface area contributed by atoms with E-state index in [1.165, 1.54) is 6.92 Å². The smallest absolute Gasteiger partial charge is 0.330 e. The number of aliphatic carboxylic acids is 1. The van der Waals surface area contributed by atoms with Crippen molar-refractivity contribution in [3.05, 3.63) is 12.2 Å². The van der Waals surface area contributed by atoms with Gasteiger partial charge in [0.2, 0.25) is 0 Å². The molecule has 0 radical (unpaired) electrons. The highest BCUT2D eigenvalue weighted by Crippen LogP contribution is 1.95. The lowest BCUT2D eigenvalue weighted by Crippen LogP contribution is -2.13. The molecule has 0 heterocycles. The van der Waals surface area contributed by atoms with E-state index in [4.69, 9.17) is 15.3 Å². The molecule has 0 unspecified atom stereocenters. The lowest BCUT2D eigenvalue weighted by Gasteiger charge is -2.03. The molecule has 8 heteroatoms. The lowest BCUT2D eigenvalue weighted by molar-refractivity contribution is -0.151. The second-order valence-corrected chi connectivity index (χ2v) is 3.47. The molecule has 0 aromatic carbocycles. The molecule has 0 saturated carbocycles. The second-order valence-electron chi connectivity index (χ2n) is 3.47. The van der Waals surface area contributed by atoms with Gasteiger partial charge in [-0.1, -0.05) is 6.58 Å². The van der Waals surface area contributed by atoms with E-state index in [2.05, 4.69) is 16.1 Å². The first kappa shape index (κ1) is 20.4. The van der Waals surface area contributed by atoms with E-state index < -0.39 is 17.9 Å². The van der Waals surface area contributed by atoms with Crippen LogP contribution in [0.25, 0.3) is 0 Å². The molecule has 0 saturated heterocycles. The van der Waals surface area contributed by atoms with Gasteiger partial charge >= 0.3 is 17.9 Å². The summed E-state index contributed by atoms with van der Waals surface area (Å²) in [4.78, 5) is 31.2. The van der Waals surface area contributed by atoms with Gasteiger partial charge in [0.1, 0.15) is 13.2 Å². The molecule has 0 aromatic rings. The van der Waals surface area contributed by atoms with Gasteiger partial charge in [0.05, 0.1) is 26.1 Å². The van der Waals surface area contributed by atoms with Crippen LogP contribution in [0.15, 0.2) is 12.2 Å². The Labute approximate surface area is 116 Å². The van der Waals surface area contributed by atoms with Gasteiger partial charge < -0.3 is 24.8 Å². The van der Waals surface area contributed by atoms with Gasteiger partial charge in [-0.3, -0.25) is 9.59 Å². The Morgan fingerprint density at radius 3 is 1.45 bits per heavy atom. The van der Waals surface area contributed by atoms with Gasteiger partial charge in [-0.05, 0) is 6.92 Å². The Bertz CT molecular complexity index is 291. The van der Waals surface area contributed by atoms with Crippen LogP contribution in [-0.2, 0) is 23.9 Å². The molecule has 3 N–H and O–H groups in total. The van der Waals surface area contributed by atoms with Crippen molar-refractivity contribution in [1.82, 2.24) is 0 Å².